The number of aromatic nitrogens is 1. The highest BCUT2D eigenvalue weighted by Gasteiger charge is 2.28. The third kappa shape index (κ3) is 4.44. The van der Waals surface area contributed by atoms with E-state index in [0.717, 1.165) is 33.4 Å². The number of aryl methyl sites for hydroxylation is 2. The van der Waals surface area contributed by atoms with Crippen LogP contribution >= 0.6 is 0 Å². The van der Waals surface area contributed by atoms with Crippen molar-refractivity contribution in [2.75, 3.05) is 0 Å². The number of para-hydroxylation sites is 1. The molecule has 1 aromatic heterocycles. The fourth-order valence-electron chi connectivity index (χ4n) is 5.49. The maximum atomic E-state index is 14.4. The van der Waals surface area contributed by atoms with Crippen LogP contribution in [0.5, 0.6) is 0 Å². The molecule has 0 spiro atoms. The largest absolute Gasteiger partial charge is 0.219 e. The first-order valence-electron chi connectivity index (χ1n) is 13.2. The number of fused-ring (bicyclic) bond motifs is 2. The molecule has 0 saturated heterocycles. The van der Waals surface area contributed by atoms with Gasteiger partial charge in [-0.05, 0) is 76.8 Å². The number of rotatable bonds is 2. The normalized spacial score (nSPS) is 12.5. The maximum absolute atomic E-state index is 14.4. The number of nitrogens with zero attached hydrogens (tertiary/aromatic N) is 1. The highest BCUT2D eigenvalue weighted by atomic mass is 19.1. The van der Waals surface area contributed by atoms with E-state index in [4.69, 9.17) is 0 Å². The van der Waals surface area contributed by atoms with E-state index in [9.17, 15) is 4.39 Å². The Morgan fingerprint density at radius 2 is 1.03 bits per heavy atom. The molecule has 0 amide bonds. The fourth-order valence-corrected chi connectivity index (χ4v) is 5.49. The van der Waals surface area contributed by atoms with Gasteiger partial charge in [-0.15, -0.1) is 0 Å². The molecule has 0 atom stereocenters. The van der Waals surface area contributed by atoms with Gasteiger partial charge in [0.15, 0.2) is 0 Å². The Morgan fingerprint density at radius 3 is 1.46 bits per heavy atom. The monoisotopic (exact) mass is 490 g/mol. The smallest absolute Gasteiger partial charge is 0.207 e. The molecule has 0 fully saturated rings. The van der Waals surface area contributed by atoms with E-state index in [-0.39, 0.29) is 16.6 Å². The van der Waals surface area contributed by atoms with Gasteiger partial charge in [-0.2, -0.15) is 4.57 Å². The minimum absolute atomic E-state index is 0.00674. The van der Waals surface area contributed by atoms with Crippen molar-refractivity contribution in [2.24, 2.45) is 0 Å². The van der Waals surface area contributed by atoms with Crippen molar-refractivity contribution in [2.45, 2.75) is 66.2 Å². The standard InChI is InChI=1S/C35H37FN/c1-22-18-26(36)19-23(2)32(22)33-28-16-14-24(34(3,4)5)20-30(28)37(27-12-10-9-11-13-27)31-21-25(35(6,7)8)15-17-29(31)33/h9-21H,1-8H3/q+1. The van der Waals surface area contributed by atoms with Crippen LogP contribution < -0.4 is 4.57 Å². The summed E-state index contributed by atoms with van der Waals surface area (Å²) >= 11 is 0. The van der Waals surface area contributed by atoms with Gasteiger partial charge < -0.3 is 0 Å². The average molecular weight is 491 g/mol. The molecule has 4 aromatic carbocycles. The van der Waals surface area contributed by atoms with Gasteiger partial charge in [-0.1, -0.05) is 71.9 Å². The van der Waals surface area contributed by atoms with Crippen molar-refractivity contribution in [3.8, 4) is 16.8 Å². The Balaban J connectivity index is 2.07. The van der Waals surface area contributed by atoms with Gasteiger partial charge in [0.1, 0.15) is 5.82 Å². The number of hydrogen-bond acceptors (Lipinski definition) is 0. The van der Waals surface area contributed by atoms with Crippen LogP contribution in [0.25, 0.3) is 38.6 Å². The molecule has 5 rings (SSSR count). The highest BCUT2D eigenvalue weighted by molar-refractivity contribution is 6.09. The second kappa shape index (κ2) is 8.80. The Morgan fingerprint density at radius 1 is 0.568 bits per heavy atom. The molecule has 0 bridgehead atoms. The lowest BCUT2D eigenvalue weighted by molar-refractivity contribution is -0.538. The van der Waals surface area contributed by atoms with Gasteiger partial charge in [0.25, 0.3) is 0 Å². The van der Waals surface area contributed by atoms with Crippen LogP contribution in [0.2, 0.25) is 0 Å². The van der Waals surface area contributed by atoms with Crippen LogP contribution in [-0.2, 0) is 10.8 Å². The van der Waals surface area contributed by atoms with Crippen molar-refractivity contribution in [1.29, 1.82) is 0 Å². The van der Waals surface area contributed by atoms with Gasteiger partial charge in [0.05, 0.1) is 10.8 Å². The van der Waals surface area contributed by atoms with Crippen LogP contribution in [0.15, 0.2) is 78.9 Å². The number of hydrogen-bond donors (Lipinski definition) is 0. The van der Waals surface area contributed by atoms with Crippen molar-refractivity contribution in [1.82, 2.24) is 0 Å². The van der Waals surface area contributed by atoms with E-state index in [2.05, 4.69) is 113 Å². The predicted molar refractivity (Wildman–Crippen MR) is 155 cm³/mol. The summed E-state index contributed by atoms with van der Waals surface area (Å²) in [6.07, 6.45) is 0. The highest BCUT2D eigenvalue weighted by Crippen LogP contribution is 2.40. The predicted octanol–water partition coefficient (Wildman–Crippen LogP) is 9.29. The summed E-state index contributed by atoms with van der Waals surface area (Å²) in [4.78, 5) is 0. The molecule has 0 radical (unpaired) electrons. The zero-order valence-electron chi connectivity index (χ0n) is 23.3. The average Bonchev–Trinajstić information content (AvgIpc) is 2.81. The van der Waals surface area contributed by atoms with E-state index in [1.54, 1.807) is 12.1 Å². The Bertz CT molecular complexity index is 1550. The molecule has 1 nitrogen and oxygen atoms in total. The quantitative estimate of drug-likeness (QED) is 0.171. The van der Waals surface area contributed by atoms with Gasteiger partial charge in [-0.3, -0.25) is 0 Å². The summed E-state index contributed by atoms with van der Waals surface area (Å²) in [5, 5.41) is 2.34. The topological polar surface area (TPSA) is 3.88 Å². The third-order valence-electron chi connectivity index (χ3n) is 7.51. The number of pyridine rings is 1. The van der Waals surface area contributed by atoms with Crippen molar-refractivity contribution in [3.05, 3.63) is 107 Å². The van der Waals surface area contributed by atoms with Crippen molar-refractivity contribution < 1.29 is 8.96 Å². The molecule has 2 heteroatoms. The summed E-state index contributed by atoms with van der Waals surface area (Å²) in [7, 11) is 0. The summed E-state index contributed by atoms with van der Waals surface area (Å²) in [5.74, 6) is -0.187. The van der Waals surface area contributed by atoms with E-state index >= 15 is 0 Å². The second-order valence-corrected chi connectivity index (χ2v) is 12.4. The van der Waals surface area contributed by atoms with E-state index in [1.165, 1.54) is 27.5 Å². The molecular weight excluding hydrogens is 453 g/mol. The maximum Gasteiger partial charge on any atom is 0.219 e. The fraction of sp³-hybridized carbons (Fsp3) is 0.286. The van der Waals surface area contributed by atoms with Gasteiger partial charge in [0, 0.05) is 29.8 Å². The van der Waals surface area contributed by atoms with E-state index in [0.29, 0.717) is 0 Å². The third-order valence-corrected chi connectivity index (χ3v) is 7.51. The summed E-state index contributed by atoms with van der Waals surface area (Å²) in [6.45, 7) is 17.6. The van der Waals surface area contributed by atoms with Crippen LogP contribution in [0.1, 0.15) is 63.8 Å². The van der Waals surface area contributed by atoms with Crippen LogP contribution in [0.4, 0.5) is 4.39 Å². The molecule has 5 aromatic rings. The van der Waals surface area contributed by atoms with Gasteiger partial charge in [-0.25, -0.2) is 4.39 Å². The zero-order valence-corrected chi connectivity index (χ0v) is 23.3. The molecule has 188 valence electrons. The van der Waals surface area contributed by atoms with E-state index < -0.39 is 0 Å². The molecule has 0 unspecified atom stereocenters. The Kier molecular flexibility index (Phi) is 5.98. The van der Waals surface area contributed by atoms with Gasteiger partial charge in [0.2, 0.25) is 16.7 Å². The summed E-state index contributed by atoms with van der Waals surface area (Å²) < 4.78 is 16.8. The number of benzene rings is 4. The summed E-state index contributed by atoms with van der Waals surface area (Å²) in [6, 6.07) is 27.7. The lowest BCUT2D eigenvalue weighted by Gasteiger charge is -2.22. The number of halogens is 1. The van der Waals surface area contributed by atoms with Crippen LogP contribution in [-0.4, -0.2) is 0 Å². The van der Waals surface area contributed by atoms with Crippen molar-refractivity contribution >= 4 is 21.8 Å². The zero-order chi connectivity index (χ0) is 26.7. The lowest BCUT2D eigenvalue weighted by Crippen LogP contribution is -2.34. The lowest BCUT2D eigenvalue weighted by atomic mass is 9.83. The SMILES string of the molecule is Cc1cc(F)cc(C)c1-c1c2ccc(C(C)(C)C)cc2[n+](-c2ccccc2)c2cc(C(C)(C)C)ccc12. The first-order valence-corrected chi connectivity index (χ1v) is 13.2. The Labute approximate surface area is 220 Å². The summed E-state index contributed by atoms with van der Waals surface area (Å²) in [5.41, 5.74) is 10.2. The molecule has 0 aliphatic rings. The molecule has 37 heavy (non-hydrogen) atoms. The van der Waals surface area contributed by atoms with Crippen LogP contribution in [0, 0.1) is 19.7 Å². The molecule has 1 heterocycles. The van der Waals surface area contributed by atoms with Crippen molar-refractivity contribution in [3.63, 3.8) is 0 Å². The minimum atomic E-state index is -0.187. The van der Waals surface area contributed by atoms with Gasteiger partial charge >= 0.3 is 0 Å². The first-order chi connectivity index (χ1) is 17.4. The van der Waals surface area contributed by atoms with E-state index in [1.807, 2.05) is 13.8 Å². The molecule has 0 aliphatic carbocycles. The molecular formula is C35H37FN+. The molecule has 0 saturated carbocycles. The first kappa shape index (κ1) is 25.1. The molecule has 0 aliphatic heterocycles. The minimum Gasteiger partial charge on any atom is -0.207 e. The second-order valence-electron chi connectivity index (χ2n) is 12.4. The van der Waals surface area contributed by atoms with Crippen LogP contribution in [0.3, 0.4) is 0 Å². The Hall–Kier alpha value is -3.52. The molecule has 0 N–H and O–H groups in total.